The van der Waals surface area contributed by atoms with Gasteiger partial charge in [0.05, 0.1) is 24.6 Å². The molecular formula is C16H18Cl2N2O3. The van der Waals surface area contributed by atoms with Gasteiger partial charge >= 0.3 is 0 Å². The lowest BCUT2D eigenvalue weighted by Crippen LogP contribution is -2.30. The highest BCUT2D eigenvalue weighted by Crippen LogP contribution is 2.42. The number of aromatic nitrogens is 2. The fourth-order valence-electron chi connectivity index (χ4n) is 2.78. The predicted octanol–water partition coefficient (Wildman–Crippen LogP) is 2.92. The molecule has 1 aliphatic heterocycles. The molecule has 1 aromatic carbocycles. The zero-order valence-corrected chi connectivity index (χ0v) is 14.2. The maximum atomic E-state index is 9.38. The van der Waals surface area contributed by atoms with Crippen molar-refractivity contribution in [3.05, 3.63) is 52.0 Å². The Hall–Kier alpha value is -1.11. The number of hydrogen-bond acceptors (Lipinski definition) is 4. The normalized spacial score (nSPS) is 24.3. The minimum absolute atomic E-state index is 0.0985. The van der Waals surface area contributed by atoms with Gasteiger partial charge < -0.3 is 19.1 Å². The van der Waals surface area contributed by atoms with Gasteiger partial charge in [-0.15, -0.1) is 0 Å². The summed E-state index contributed by atoms with van der Waals surface area (Å²) >= 11 is 12.3. The molecule has 0 bridgehead atoms. The third kappa shape index (κ3) is 3.39. The van der Waals surface area contributed by atoms with E-state index in [2.05, 4.69) is 4.98 Å². The molecule has 1 N–H and O–H groups in total. The van der Waals surface area contributed by atoms with E-state index in [1.165, 1.54) is 0 Å². The highest BCUT2D eigenvalue weighted by molar-refractivity contribution is 6.35. The molecule has 124 valence electrons. The van der Waals surface area contributed by atoms with E-state index in [0.29, 0.717) is 29.5 Å². The summed E-state index contributed by atoms with van der Waals surface area (Å²) < 4.78 is 13.9. The van der Waals surface area contributed by atoms with Crippen molar-refractivity contribution in [3.8, 4) is 0 Å². The Balaban J connectivity index is 1.90. The zero-order valence-electron chi connectivity index (χ0n) is 12.7. The molecule has 0 amide bonds. The molecule has 2 atom stereocenters. The summed E-state index contributed by atoms with van der Waals surface area (Å²) in [4.78, 5) is 4.12. The molecule has 0 unspecified atom stereocenters. The van der Waals surface area contributed by atoms with Gasteiger partial charge in [0.25, 0.3) is 0 Å². The van der Waals surface area contributed by atoms with Crippen LogP contribution in [0.1, 0.15) is 17.7 Å². The van der Waals surface area contributed by atoms with E-state index < -0.39 is 5.79 Å². The fraction of sp³-hybridized carbons (Fsp3) is 0.438. The highest BCUT2D eigenvalue weighted by Gasteiger charge is 2.44. The Morgan fingerprint density at radius 2 is 2.26 bits per heavy atom. The van der Waals surface area contributed by atoms with E-state index in [9.17, 15) is 5.11 Å². The van der Waals surface area contributed by atoms with Crippen LogP contribution in [0.15, 0.2) is 30.7 Å². The molecule has 2 heterocycles. The lowest BCUT2D eigenvalue weighted by Gasteiger charge is -2.29. The van der Waals surface area contributed by atoms with Crippen LogP contribution in [0.4, 0.5) is 0 Å². The van der Waals surface area contributed by atoms with Crippen LogP contribution in [0.2, 0.25) is 10.0 Å². The summed E-state index contributed by atoms with van der Waals surface area (Å²) in [6.45, 7) is 0.222. The number of hydrogen-bond donors (Lipinski definition) is 1. The molecule has 23 heavy (non-hydrogen) atoms. The Bertz CT molecular complexity index is 692. The third-order valence-electron chi connectivity index (χ3n) is 4.03. The van der Waals surface area contributed by atoms with Crippen LogP contribution in [0.25, 0.3) is 0 Å². The van der Waals surface area contributed by atoms with Crippen LogP contribution < -0.4 is 0 Å². The molecule has 0 aliphatic carbocycles. The standard InChI is InChI=1S/C16H18Cl2N2O3/c1-20-10-19-7-12(20)4-5-16(22-9-13(8-21)23-16)14-3-2-11(17)6-15(14)18/h2-3,6-7,10,13,21H,4-5,8-9H2,1H3/t13-,16-/m1/s1. The molecule has 1 aromatic heterocycles. The number of imidazole rings is 1. The Morgan fingerprint density at radius 1 is 1.43 bits per heavy atom. The molecule has 2 aromatic rings. The van der Waals surface area contributed by atoms with Crippen LogP contribution in [0, 0.1) is 0 Å². The second-order valence-electron chi connectivity index (χ2n) is 5.61. The molecule has 3 rings (SSSR count). The molecule has 0 saturated carbocycles. The lowest BCUT2D eigenvalue weighted by molar-refractivity contribution is -0.184. The molecule has 7 heteroatoms. The number of ether oxygens (including phenoxy) is 2. The molecule has 5 nitrogen and oxygen atoms in total. The van der Waals surface area contributed by atoms with Gasteiger partial charge in [-0.25, -0.2) is 4.98 Å². The van der Waals surface area contributed by atoms with Crippen LogP contribution >= 0.6 is 23.2 Å². The lowest BCUT2D eigenvalue weighted by atomic mass is 9.99. The van der Waals surface area contributed by atoms with E-state index in [1.807, 2.05) is 23.9 Å². The van der Waals surface area contributed by atoms with E-state index in [4.69, 9.17) is 32.7 Å². The second kappa shape index (κ2) is 6.79. The number of halogens is 2. The topological polar surface area (TPSA) is 56.5 Å². The first-order valence-electron chi connectivity index (χ1n) is 7.37. The fourth-order valence-corrected chi connectivity index (χ4v) is 3.33. The van der Waals surface area contributed by atoms with Crippen LogP contribution in [0.3, 0.4) is 0 Å². The molecule has 1 aliphatic rings. The van der Waals surface area contributed by atoms with Gasteiger partial charge in [-0.05, 0) is 18.6 Å². The summed E-state index contributed by atoms with van der Waals surface area (Å²) in [7, 11) is 1.94. The highest BCUT2D eigenvalue weighted by atomic mass is 35.5. The number of benzene rings is 1. The minimum Gasteiger partial charge on any atom is -0.394 e. The minimum atomic E-state index is -0.987. The van der Waals surface area contributed by atoms with E-state index in [0.717, 1.165) is 11.3 Å². The average Bonchev–Trinajstić information content (AvgIpc) is 3.12. The van der Waals surface area contributed by atoms with Gasteiger partial charge in [0.15, 0.2) is 5.79 Å². The van der Waals surface area contributed by atoms with Crippen molar-refractivity contribution in [1.82, 2.24) is 9.55 Å². The Labute approximate surface area is 144 Å². The molecular weight excluding hydrogens is 339 g/mol. The third-order valence-corrected chi connectivity index (χ3v) is 4.58. The SMILES string of the molecule is Cn1cncc1CC[C@@]1(c2ccc(Cl)cc2Cl)OC[C@@H](CO)O1. The first kappa shape index (κ1) is 16.7. The smallest absolute Gasteiger partial charge is 0.197 e. The van der Waals surface area contributed by atoms with Crippen LogP contribution in [-0.2, 0) is 28.7 Å². The van der Waals surface area contributed by atoms with Gasteiger partial charge in [-0.1, -0.05) is 29.3 Å². The number of rotatable bonds is 5. The molecule has 1 fully saturated rings. The van der Waals surface area contributed by atoms with E-state index in [1.54, 1.807) is 18.5 Å². The van der Waals surface area contributed by atoms with E-state index >= 15 is 0 Å². The van der Waals surface area contributed by atoms with Gasteiger partial charge in [-0.3, -0.25) is 0 Å². The first-order valence-corrected chi connectivity index (χ1v) is 8.13. The summed E-state index contributed by atoms with van der Waals surface area (Å²) in [6, 6.07) is 5.24. The van der Waals surface area contributed by atoms with Crippen molar-refractivity contribution in [2.75, 3.05) is 13.2 Å². The van der Waals surface area contributed by atoms with Crippen molar-refractivity contribution in [3.63, 3.8) is 0 Å². The maximum absolute atomic E-state index is 9.38. The Morgan fingerprint density at radius 3 is 2.87 bits per heavy atom. The maximum Gasteiger partial charge on any atom is 0.197 e. The van der Waals surface area contributed by atoms with Gasteiger partial charge in [-0.2, -0.15) is 0 Å². The van der Waals surface area contributed by atoms with Crippen LogP contribution in [-0.4, -0.2) is 34.0 Å². The monoisotopic (exact) mass is 356 g/mol. The summed E-state index contributed by atoms with van der Waals surface area (Å²) in [5, 5.41) is 10.4. The van der Waals surface area contributed by atoms with Gasteiger partial charge in [0.1, 0.15) is 6.10 Å². The first-order chi connectivity index (χ1) is 11.0. The quantitative estimate of drug-likeness (QED) is 0.894. The summed E-state index contributed by atoms with van der Waals surface area (Å²) in [6.07, 6.45) is 4.46. The van der Waals surface area contributed by atoms with Crippen molar-refractivity contribution in [2.45, 2.75) is 24.7 Å². The van der Waals surface area contributed by atoms with Crippen molar-refractivity contribution >= 4 is 23.2 Å². The van der Waals surface area contributed by atoms with Crippen molar-refractivity contribution < 1.29 is 14.6 Å². The van der Waals surface area contributed by atoms with Crippen molar-refractivity contribution in [2.24, 2.45) is 7.05 Å². The molecule has 1 saturated heterocycles. The Kier molecular flexibility index (Phi) is 4.94. The van der Waals surface area contributed by atoms with Gasteiger partial charge in [0, 0.05) is 35.9 Å². The number of aliphatic hydroxyl groups is 1. The zero-order chi connectivity index (χ0) is 16.4. The van der Waals surface area contributed by atoms with Crippen LogP contribution in [0.5, 0.6) is 0 Å². The van der Waals surface area contributed by atoms with Gasteiger partial charge in [0.2, 0.25) is 0 Å². The van der Waals surface area contributed by atoms with Crippen molar-refractivity contribution in [1.29, 1.82) is 0 Å². The summed E-state index contributed by atoms with van der Waals surface area (Å²) in [5.74, 6) is -0.987. The predicted molar refractivity (Wildman–Crippen MR) is 87.6 cm³/mol. The molecule has 0 radical (unpaired) electrons. The second-order valence-corrected chi connectivity index (χ2v) is 6.45. The van der Waals surface area contributed by atoms with E-state index in [-0.39, 0.29) is 12.7 Å². The number of aryl methyl sites for hydroxylation is 2. The molecule has 0 spiro atoms. The largest absolute Gasteiger partial charge is 0.394 e. The summed E-state index contributed by atoms with van der Waals surface area (Å²) in [5.41, 5.74) is 1.79. The number of aliphatic hydroxyl groups excluding tert-OH is 1. The number of nitrogens with zero attached hydrogens (tertiary/aromatic N) is 2. The average molecular weight is 357 g/mol.